The van der Waals surface area contributed by atoms with E-state index in [9.17, 15) is 4.79 Å². The van der Waals surface area contributed by atoms with Crippen molar-refractivity contribution in [2.75, 3.05) is 20.8 Å². The van der Waals surface area contributed by atoms with E-state index in [1.807, 2.05) is 0 Å². The summed E-state index contributed by atoms with van der Waals surface area (Å²) in [4.78, 5) is 11.5. The number of rotatable bonds is 4. The largest absolute Gasteiger partial charge is 0.494 e. The van der Waals surface area contributed by atoms with Crippen LogP contribution in [0.15, 0.2) is 12.1 Å². The molecular weight excluding hydrogens is 210 g/mol. The van der Waals surface area contributed by atoms with Crippen molar-refractivity contribution in [2.45, 2.75) is 6.92 Å². The van der Waals surface area contributed by atoms with Crippen LogP contribution in [0.4, 0.5) is 5.69 Å². The molecule has 1 rings (SSSR count). The fourth-order valence-corrected chi connectivity index (χ4v) is 1.24. The summed E-state index contributed by atoms with van der Waals surface area (Å²) in [5, 5.41) is 0. The van der Waals surface area contributed by atoms with Crippen LogP contribution in [0.5, 0.6) is 11.5 Å². The first-order valence-electron chi connectivity index (χ1n) is 4.78. The maximum atomic E-state index is 11.5. The fourth-order valence-electron chi connectivity index (χ4n) is 1.24. The first kappa shape index (κ1) is 12.2. The van der Waals surface area contributed by atoms with Crippen molar-refractivity contribution < 1.29 is 19.0 Å². The third-order valence-corrected chi connectivity index (χ3v) is 2.02. The lowest BCUT2D eigenvalue weighted by Crippen LogP contribution is -2.05. The van der Waals surface area contributed by atoms with Crippen molar-refractivity contribution in [1.82, 2.24) is 5.73 Å². The molecule has 87 valence electrons. The lowest BCUT2D eigenvalue weighted by Gasteiger charge is -2.10. The molecule has 0 aromatic heterocycles. The Morgan fingerprint density at radius 2 is 1.75 bits per heavy atom. The van der Waals surface area contributed by atoms with Gasteiger partial charge in [0, 0.05) is 0 Å². The van der Waals surface area contributed by atoms with Gasteiger partial charge in [0.1, 0.15) is 17.2 Å². The van der Waals surface area contributed by atoms with Gasteiger partial charge in [-0.2, -0.15) is 0 Å². The van der Waals surface area contributed by atoms with E-state index in [0.717, 1.165) is 0 Å². The Morgan fingerprint density at radius 3 is 2.12 bits per heavy atom. The molecule has 16 heavy (non-hydrogen) atoms. The summed E-state index contributed by atoms with van der Waals surface area (Å²) in [6.07, 6.45) is 0. The Balaban J connectivity index is 3.16. The summed E-state index contributed by atoms with van der Waals surface area (Å²) in [5.41, 5.74) is 8.10. The maximum Gasteiger partial charge on any atom is 0.338 e. The Bertz CT molecular complexity index is 365. The number of hydrogen-bond donors (Lipinski definition) is 0. The average molecular weight is 224 g/mol. The van der Waals surface area contributed by atoms with Crippen molar-refractivity contribution in [3.8, 4) is 11.5 Å². The normalized spacial score (nSPS) is 9.69. The molecule has 0 amide bonds. The molecule has 0 aliphatic carbocycles. The van der Waals surface area contributed by atoms with Gasteiger partial charge < -0.3 is 14.2 Å². The molecule has 0 spiro atoms. The third kappa shape index (κ3) is 2.36. The van der Waals surface area contributed by atoms with Crippen LogP contribution in [0, 0.1) is 0 Å². The van der Waals surface area contributed by atoms with Gasteiger partial charge >= 0.3 is 5.97 Å². The van der Waals surface area contributed by atoms with Crippen LogP contribution in [0.3, 0.4) is 0 Å². The molecule has 0 fully saturated rings. The predicted octanol–water partition coefficient (Wildman–Crippen LogP) is 1.79. The number of methoxy groups -OCH3 is 2. The Hall–Kier alpha value is -1.91. The lowest BCUT2D eigenvalue weighted by molar-refractivity contribution is 0.0525. The van der Waals surface area contributed by atoms with E-state index in [1.165, 1.54) is 26.4 Å². The molecule has 0 aliphatic heterocycles. The van der Waals surface area contributed by atoms with Crippen LogP contribution in [-0.2, 0) is 4.74 Å². The van der Waals surface area contributed by atoms with Crippen LogP contribution < -0.4 is 15.2 Å². The van der Waals surface area contributed by atoms with Gasteiger partial charge in [-0.25, -0.2) is 4.79 Å². The highest BCUT2D eigenvalue weighted by Crippen LogP contribution is 2.34. The summed E-state index contributed by atoms with van der Waals surface area (Å²) in [5.74, 6) is 0.101. The zero-order valence-corrected chi connectivity index (χ0v) is 9.49. The average Bonchev–Trinajstić information content (AvgIpc) is 2.29. The summed E-state index contributed by atoms with van der Waals surface area (Å²) >= 11 is 0. The topological polar surface area (TPSA) is 68.6 Å². The zero-order valence-electron chi connectivity index (χ0n) is 9.49. The standard InChI is InChI=1S/C11H14NO4/c1-4-16-11(13)7-5-8(14-2)10(12)9(6-7)15-3/h5-6,12H,4H2,1-3H3. The van der Waals surface area contributed by atoms with E-state index in [4.69, 9.17) is 19.9 Å². The summed E-state index contributed by atoms with van der Waals surface area (Å²) < 4.78 is 14.8. The Labute approximate surface area is 94.1 Å². The zero-order chi connectivity index (χ0) is 12.1. The third-order valence-electron chi connectivity index (χ3n) is 2.02. The monoisotopic (exact) mass is 224 g/mol. The van der Waals surface area contributed by atoms with Gasteiger partial charge in [-0.05, 0) is 19.1 Å². The van der Waals surface area contributed by atoms with Gasteiger partial charge in [0.05, 0.1) is 26.4 Å². The molecule has 5 nitrogen and oxygen atoms in total. The minimum absolute atomic E-state index is 0.109. The number of nitrogens with one attached hydrogen (secondary N) is 1. The van der Waals surface area contributed by atoms with E-state index >= 15 is 0 Å². The van der Waals surface area contributed by atoms with E-state index in [-0.39, 0.29) is 17.2 Å². The van der Waals surface area contributed by atoms with Crippen molar-refractivity contribution >= 4 is 11.7 Å². The smallest absolute Gasteiger partial charge is 0.338 e. The Morgan fingerprint density at radius 1 is 1.25 bits per heavy atom. The van der Waals surface area contributed by atoms with Crippen molar-refractivity contribution in [1.29, 1.82) is 0 Å². The molecule has 1 radical (unpaired) electrons. The highest BCUT2D eigenvalue weighted by atomic mass is 16.5. The fraction of sp³-hybridized carbons (Fsp3) is 0.364. The van der Waals surface area contributed by atoms with Gasteiger partial charge in [-0.15, -0.1) is 0 Å². The van der Waals surface area contributed by atoms with Gasteiger partial charge in [-0.3, -0.25) is 5.73 Å². The van der Waals surface area contributed by atoms with Gasteiger partial charge in [0.25, 0.3) is 0 Å². The van der Waals surface area contributed by atoms with Crippen LogP contribution in [0.2, 0.25) is 0 Å². The van der Waals surface area contributed by atoms with Crippen molar-refractivity contribution in [2.24, 2.45) is 0 Å². The van der Waals surface area contributed by atoms with E-state index in [1.54, 1.807) is 6.92 Å². The maximum absolute atomic E-state index is 11.5. The second-order valence-electron chi connectivity index (χ2n) is 2.98. The van der Waals surface area contributed by atoms with E-state index in [2.05, 4.69) is 0 Å². The molecule has 5 heteroatoms. The molecule has 1 aromatic carbocycles. The Kier molecular flexibility index (Phi) is 3.99. The van der Waals surface area contributed by atoms with Crippen LogP contribution in [0.1, 0.15) is 17.3 Å². The molecule has 0 unspecified atom stereocenters. The predicted molar refractivity (Wildman–Crippen MR) is 58.3 cm³/mol. The number of benzene rings is 1. The summed E-state index contributed by atoms with van der Waals surface area (Å²) in [7, 11) is 2.86. The quantitative estimate of drug-likeness (QED) is 0.731. The number of hydrogen-bond acceptors (Lipinski definition) is 4. The second-order valence-corrected chi connectivity index (χ2v) is 2.98. The van der Waals surface area contributed by atoms with E-state index in [0.29, 0.717) is 12.2 Å². The molecule has 0 bridgehead atoms. The minimum Gasteiger partial charge on any atom is -0.494 e. The molecule has 0 saturated carbocycles. The first-order chi connectivity index (χ1) is 7.63. The van der Waals surface area contributed by atoms with Gasteiger partial charge in [0.15, 0.2) is 0 Å². The second kappa shape index (κ2) is 5.25. The lowest BCUT2D eigenvalue weighted by atomic mass is 10.1. The SMILES string of the molecule is CCOC(=O)c1cc(OC)c([NH])c(OC)c1. The first-order valence-corrected chi connectivity index (χ1v) is 4.78. The summed E-state index contributed by atoms with van der Waals surface area (Å²) in [6, 6.07) is 2.92. The number of carbonyl (C=O) groups excluding carboxylic acids is 1. The highest BCUT2D eigenvalue weighted by Gasteiger charge is 2.15. The van der Waals surface area contributed by atoms with Crippen LogP contribution >= 0.6 is 0 Å². The molecule has 0 atom stereocenters. The molecular formula is C11H14NO4. The molecule has 0 aliphatic rings. The number of ether oxygens (including phenoxy) is 3. The molecule has 0 saturated heterocycles. The number of carbonyl (C=O) groups is 1. The highest BCUT2D eigenvalue weighted by molar-refractivity contribution is 5.91. The van der Waals surface area contributed by atoms with Crippen LogP contribution in [-0.4, -0.2) is 26.8 Å². The molecule has 0 heterocycles. The van der Waals surface area contributed by atoms with Crippen LogP contribution in [0.25, 0.3) is 0 Å². The minimum atomic E-state index is -0.459. The van der Waals surface area contributed by atoms with Gasteiger partial charge in [-0.1, -0.05) is 0 Å². The molecule has 1 aromatic rings. The summed E-state index contributed by atoms with van der Waals surface area (Å²) in [6.45, 7) is 2.03. The molecule has 1 N–H and O–H groups in total. The van der Waals surface area contributed by atoms with Gasteiger partial charge in [0.2, 0.25) is 0 Å². The number of esters is 1. The van der Waals surface area contributed by atoms with Crippen molar-refractivity contribution in [3.05, 3.63) is 17.7 Å². The van der Waals surface area contributed by atoms with Crippen molar-refractivity contribution in [3.63, 3.8) is 0 Å². The van der Waals surface area contributed by atoms with E-state index < -0.39 is 5.97 Å².